The fraction of sp³-hybridized carbons (Fsp3) is 0.571. The zero-order valence-electron chi connectivity index (χ0n) is 6.84. The fourth-order valence-corrected chi connectivity index (χ4v) is 1.27. The highest BCUT2D eigenvalue weighted by atomic mass is 35.5. The van der Waals surface area contributed by atoms with Crippen LogP contribution in [0.2, 0.25) is 5.02 Å². The SMILES string of the molecule is CCn1ncc(Cl)c1C[NH2+]C. The molecule has 0 saturated carbocycles. The molecule has 0 saturated heterocycles. The summed E-state index contributed by atoms with van der Waals surface area (Å²) in [6, 6.07) is 0. The van der Waals surface area contributed by atoms with E-state index in [0.717, 1.165) is 23.8 Å². The molecule has 0 unspecified atom stereocenters. The molecule has 1 heterocycles. The summed E-state index contributed by atoms with van der Waals surface area (Å²) in [5, 5.41) is 6.96. The second-order valence-electron chi connectivity index (χ2n) is 2.37. The molecule has 1 aromatic heterocycles. The molecule has 62 valence electrons. The van der Waals surface area contributed by atoms with E-state index in [0.29, 0.717) is 0 Å². The van der Waals surface area contributed by atoms with Crippen molar-refractivity contribution in [3.05, 3.63) is 16.9 Å². The molecule has 4 heteroatoms. The standard InChI is InChI=1S/C7H12ClN3/c1-3-11-7(5-9-2)6(8)4-10-11/h4,9H,3,5H2,1-2H3/p+1. The highest BCUT2D eigenvalue weighted by molar-refractivity contribution is 6.31. The average Bonchev–Trinajstić information content (AvgIpc) is 2.34. The van der Waals surface area contributed by atoms with Gasteiger partial charge in [0.2, 0.25) is 0 Å². The Morgan fingerprint density at radius 3 is 3.00 bits per heavy atom. The summed E-state index contributed by atoms with van der Waals surface area (Å²) in [6.07, 6.45) is 1.70. The zero-order chi connectivity index (χ0) is 8.27. The molecule has 0 radical (unpaired) electrons. The van der Waals surface area contributed by atoms with Gasteiger partial charge in [0.15, 0.2) is 0 Å². The van der Waals surface area contributed by atoms with Crippen molar-refractivity contribution in [3.63, 3.8) is 0 Å². The Kier molecular flexibility index (Phi) is 2.91. The largest absolute Gasteiger partial charge is 0.344 e. The minimum atomic E-state index is 0.768. The van der Waals surface area contributed by atoms with Gasteiger partial charge in [0.1, 0.15) is 12.2 Å². The lowest BCUT2D eigenvalue weighted by molar-refractivity contribution is -0.644. The van der Waals surface area contributed by atoms with Gasteiger partial charge >= 0.3 is 0 Å². The predicted octanol–water partition coefficient (Wildman–Crippen LogP) is 0.250. The van der Waals surface area contributed by atoms with E-state index < -0.39 is 0 Å². The number of hydrogen-bond acceptors (Lipinski definition) is 1. The molecule has 1 aromatic rings. The Morgan fingerprint density at radius 1 is 1.73 bits per heavy atom. The lowest BCUT2D eigenvalue weighted by atomic mass is 10.4. The fourth-order valence-electron chi connectivity index (χ4n) is 1.06. The highest BCUT2D eigenvalue weighted by Crippen LogP contribution is 2.13. The molecule has 0 bridgehead atoms. The lowest BCUT2D eigenvalue weighted by Crippen LogP contribution is -2.78. The Labute approximate surface area is 71.4 Å². The quantitative estimate of drug-likeness (QED) is 0.701. The van der Waals surface area contributed by atoms with Crippen LogP contribution in [0.1, 0.15) is 12.6 Å². The van der Waals surface area contributed by atoms with E-state index in [1.54, 1.807) is 6.20 Å². The molecule has 11 heavy (non-hydrogen) atoms. The van der Waals surface area contributed by atoms with Gasteiger partial charge in [-0.3, -0.25) is 4.68 Å². The molecule has 0 atom stereocenters. The third-order valence-electron chi connectivity index (χ3n) is 1.59. The molecular formula is C7H13ClN3+. The van der Waals surface area contributed by atoms with Gasteiger partial charge in [0.25, 0.3) is 0 Å². The van der Waals surface area contributed by atoms with E-state index in [9.17, 15) is 0 Å². The van der Waals surface area contributed by atoms with Crippen molar-refractivity contribution in [1.82, 2.24) is 9.78 Å². The van der Waals surface area contributed by atoms with Crippen molar-refractivity contribution in [1.29, 1.82) is 0 Å². The number of hydrogen-bond donors (Lipinski definition) is 1. The van der Waals surface area contributed by atoms with Crippen molar-refractivity contribution in [2.24, 2.45) is 0 Å². The molecule has 1 rings (SSSR count). The van der Waals surface area contributed by atoms with Crippen LogP contribution in [0, 0.1) is 0 Å². The van der Waals surface area contributed by atoms with Gasteiger partial charge in [-0.25, -0.2) is 0 Å². The molecule has 3 nitrogen and oxygen atoms in total. The summed E-state index contributed by atoms with van der Waals surface area (Å²) < 4.78 is 1.92. The summed E-state index contributed by atoms with van der Waals surface area (Å²) in [4.78, 5) is 0. The third kappa shape index (κ3) is 1.73. The number of aromatic nitrogens is 2. The first-order valence-electron chi connectivity index (χ1n) is 3.77. The maximum Gasteiger partial charge on any atom is 0.119 e. The number of quaternary nitrogens is 1. The molecule has 0 aromatic carbocycles. The van der Waals surface area contributed by atoms with Crippen molar-refractivity contribution in [3.8, 4) is 0 Å². The van der Waals surface area contributed by atoms with E-state index in [1.165, 1.54) is 0 Å². The van der Waals surface area contributed by atoms with Gasteiger partial charge in [-0.1, -0.05) is 11.6 Å². The van der Waals surface area contributed by atoms with Crippen LogP contribution < -0.4 is 5.32 Å². The molecule has 0 spiro atoms. The van der Waals surface area contributed by atoms with Crippen LogP contribution in [0.15, 0.2) is 6.20 Å². The van der Waals surface area contributed by atoms with Gasteiger partial charge in [0.05, 0.1) is 18.3 Å². The second-order valence-corrected chi connectivity index (χ2v) is 2.77. The summed E-state index contributed by atoms with van der Waals surface area (Å²) in [6.45, 7) is 3.84. The molecular weight excluding hydrogens is 162 g/mol. The maximum absolute atomic E-state index is 5.90. The molecule has 0 aliphatic heterocycles. The topological polar surface area (TPSA) is 34.4 Å². The number of aryl methyl sites for hydroxylation is 1. The Morgan fingerprint density at radius 2 is 2.45 bits per heavy atom. The zero-order valence-corrected chi connectivity index (χ0v) is 7.60. The minimum Gasteiger partial charge on any atom is -0.344 e. The normalized spacial score (nSPS) is 10.5. The first-order chi connectivity index (χ1) is 5.29. The van der Waals surface area contributed by atoms with Crippen LogP contribution in [0.5, 0.6) is 0 Å². The van der Waals surface area contributed by atoms with Crippen molar-refractivity contribution in [2.45, 2.75) is 20.0 Å². The summed E-state index contributed by atoms with van der Waals surface area (Å²) in [5.74, 6) is 0. The van der Waals surface area contributed by atoms with E-state index in [4.69, 9.17) is 11.6 Å². The van der Waals surface area contributed by atoms with Gasteiger partial charge < -0.3 is 5.32 Å². The minimum absolute atomic E-state index is 0.768. The van der Waals surface area contributed by atoms with Gasteiger partial charge in [-0.2, -0.15) is 5.10 Å². The molecule has 0 aliphatic rings. The third-order valence-corrected chi connectivity index (χ3v) is 1.91. The Hall–Kier alpha value is -0.540. The van der Waals surface area contributed by atoms with Crippen molar-refractivity contribution >= 4 is 11.6 Å². The predicted molar refractivity (Wildman–Crippen MR) is 44.5 cm³/mol. The van der Waals surface area contributed by atoms with Gasteiger partial charge in [-0.05, 0) is 6.92 Å². The van der Waals surface area contributed by atoms with E-state index >= 15 is 0 Å². The van der Waals surface area contributed by atoms with Crippen LogP contribution in [0.4, 0.5) is 0 Å². The van der Waals surface area contributed by atoms with E-state index in [1.807, 2.05) is 11.7 Å². The van der Waals surface area contributed by atoms with Crippen LogP contribution >= 0.6 is 11.6 Å². The first-order valence-corrected chi connectivity index (χ1v) is 4.15. The highest BCUT2D eigenvalue weighted by Gasteiger charge is 2.07. The summed E-state index contributed by atoms with van der Waals surface area (Å²) in [7, 11) is 2.02. The molecule has 0 aliphatic carbocycles. The van der Waals surface area contributed by atoms with Crippen LogP contribution in [0.3, 0.4) is 0 Å². The summed E-state index contributed by atoms with van der Waals surface area (Å²) in [5.41, 5.74) is 1.11. The van der Waals surface area contributed by atoms with Crippen molar-refractivity contribution in [2.75, 3.05) is 7.05 Å². The van der Waals surface area contributed by atoms with E-state index in [-0.39, 0.29) is 0 Å². The first kappa shape index (κ1) is 8.56. The maximum atomic E-state index is 5.90. The van der Waals surface area contributed by atoms with Crippen LogP contribution in [0.25, 0.3) is 0 Å². The molecule has 0 amide bonds. The smallest absolute Gasteiger partial charge is 0.119 e. The number of rotatable bonds is 3. The van der Waals surface area contributed by atoms with Crippen molar-refractivity contribution < 1.29 is 5.32 Å². The number of halogens is 1. The van der Waals surface area contributed by atoms with Gasteiger partial charge in [-0.15, -0.1) is 0 Å². The molecule has 0 fully saturated rings. The summed E-state index contributed by atoms with van der Waals surface area (Å²) >= 11 is 5.90. The average molecular weight is 175 g/mol. The van der Waals surface area contributed by atoms with Crippen LogP contribution in [-0.4, -0.2) is 16.8 Å². The lowest BCUT2D eigenvalue weighted by Gasteiger charge is -2.01. The number of nitrogens with two attached hydrogens (primary N) is 1. The Bertz CT molecular complexity index is 232. The number of nitrogens with zero attached hydrogens (tertiary/aromatic N) is 2. The van der Waals surface area contributed by atoms with E-state index in [2.05, 4.69) is 17.3 Å². The Balaban J connectivity index is 2.88. The monoisotopic (exact) mass is 174 g/mol. The molecule has 2 N–H and O–H groups in total. The van der Waals surface area contributed by atoms with Gasteiger partial charge in [0, 0.05) is 6.54 Å². The van der Waals surface area contributed by atoms with Crippen LogP contribution in [-0.2, 0) is 13.1 Å². The second kappa shape index (κ2) is 3.74.